The molecule has 1 saturated carbocycles. The van der Waals surface area contributed by atoms with Crippen molar-refractivity contribution in [3.63, 3.8) is 0 Å². The minimum Gasteiger partial charge on any atom is -0.389 e. The van der Waals surface area contributed by atoms with Crippen molar-refractivity contribution in [3.8, 4) is 0 Å². The van der Waals surface area contributed by atoms with E-state index in [0.29, 0.717) is 13.2 Å². The number of rotatable bonds is 12. The molecular weight excluding hydrogens is 226 g/mol. The van der Waals surface area contributed by atoms with E-state index in [1.807, 2.05) is 0 Å². The summed E-state index contributed by atoms with van der Waals surface area (Å²) in [6, 6.07) is 0. The van der Waals surface area contributed by atoms with Gasteiger partial charge in [0, 0.05) is 13.2 Å². The second-order valence-electron chi connectivity index (χ2n) is 6.05. The van der Waals surface area contributed by atoms with E-state index in [9.17, 15) is 5.11 Å². The van der Waals surface area contributed by atoms with Crippen LogP contribution in [0.3, 0.4) is 0 Å². The summed E-state index contributed by atoms with van der Waals surface area (Å²) in [7, 11) is 0. The van der Waals surface area contributed by atoms with E-state index in [1.54, 1.807) is 0 Å². The van der Waals surface area contributed by atoms with Crippen molar-refractivity contribution in [1.82, 2.24) is 5.32 Å². The van der Waals surface area contributed by atoms with Gasteiger partial charge in [0.05, 0.1) is 12.7 Å². The van der Waals surface area contributed by atoms with Gasteiger partial charge in [-0.1, -0.05) is 26.7 Å². The molecule has 1 fully saturated rings. The van der Waals surface area contributed by atoms with Crippen LogP contribution in [0.15, 0.2) is 0 Å². The van der Waals surface area contributed by atoms with Gasteiger partial charge in [-0.2, -0.15) is 0 Å². The van der Waals surface area contributed by atoms with Gasteiger partial charge >= 0.3 is 0 Å². The highest BCUT2D eigenvalue weighted by atomic mass is 16.5. The van der Waals surface area contributed by atoms with Crippen molar-refractivity contribution in [1.29, 1.82) is 0 Å². The molecule has 1 aliphatic carbocycles. The minimum atomic E-state index is -0.357. The molecule has 108 valence electrons. The molecule has 1 aliphatic rings. The van der Waals surface area contributed by atoms with Gasteiger partial charge in [0.15, 0.2) is 0 Å². The van der Waals surface area contributed by atoms with E-state index in [-0.39, 0.29) is 6.10 Å². The fourth-order valence-electron chi connectivity index (χ4n) is 2.06. The Morgan fingerprint density at radius 3 is 2.72 bits per heavy atom. The minimum absolute atomic E-state index is 0.357. The Morgan fingerprint density at radius 1 is 1.28 bits per heavy atom. The molecule has 0 spiro atoms. The molecule has 0 radical (unpaired) electrons. The molecule has 0 heterocycles. The molecule has 0 bridgehead atoms. The maximum Gasteiger partial charge on any atom is 0.0897 e. The zero-order chi connectivity index (χ0) is 13.2. The van der Waals surface area contributed by atoms with E-state index in [4.69, 9.17) is 4.74 Å². The predicted octanol–water partition coefficient (Wildman–Crippen LogP) is 2.58. The monoisotopic (exact) mass is 257 g/mol. The normalized spacial score (nSPS) is 17.3. The summed E-state index contributed by atoms with van der Waals surface area (Å²) in [5.41, 5.74) is 0. The van der Waals surface area contributed by atoms with Crippen LogP contribution in [0, 0.1) is 11.8 Å². The van der Waals surface area contributed by atoms with Crippen molar-refractivity contribution >= 4 is 0 Å². The van der Waals surface area contributed by atoms with E-state index in [1.165, 1.54) is 32.1 Å². The third-order valence-corrected chi connectivity index (χ3v) is 3.42. The van der Waals surface area contributed by atoms with Crippen LogP contribution in [0.5, 0.6) is 0 Å². The van der Waals surface area contributed by atoms with Gasteiger partial charge in [0.2, 0.25) is 0 Å². The lowest BCUT2D eigenvalue weighted by Gasteiger charge is -2.12. The average molecular weight is 257 g/mol. The molecule has 18 heavy (non-hydrogen) atoms. The van der Waals surface area contributed by atoms with Crippen molar-refractivity contribution in [2.45, 2.75) is 58.5 Å². The molecule has 0 saturated heterocycles. The standard InChI is InChI=1S/C15H31NO2/c1-13(2)5-4-10-18-12-15(17)11-16-9-3-6-14-7-8-14/h13-17H,3-12H2,1-2H3. The Morgan fingerprint density at radius 2 is 2.06 bits per heavy atom. The second kappa shape index (κ2) is 9.76. The van der Waals surface area contributed by atoms with Gasteiger partial charge in [0.1, 0.15) is 0 Å². The molecular formula is C15H31NO2. The first-order chi connectivity index (χ1) is 8.68. The molecule has 1 rings (SSSR count). The first-order valence-electron chi connectivity index (χ1n) is 7.65. The highest BCUT2D eigenvalue weighted by Gasteiger charge is 2.19. The summed E-state index contributed by atoms with van der Waals surface area (Å²) in [4.78, 5) is 0. The summed E-state index contributed by atoms with van der Waals surface area (Å²) in [5, 5.41) is 13.0. The Kier molecular flexibility index (Phi) is 8.64. The second-order valence-corrected chi connectivity index (χ2v) is 6.05. The lowest BCUT2D eigenvalue weighted by atomic mass is 10.1. The first kappa shape index (κ1) is 15.9. The largest absolute Gasteiger partial charge is 0.389 e. The third-order valence-electron chi connectivity index (χ3n) is 3.42. The number of aliphatic hydroxyl groups excluding tert-OH is 1. The van der Waals surface area contributed by atoms with Crippen molar-refractivity contribution in [2.24, 2.45) is 11.8 Å². The fourth-order valence-corrected chi connectivity index (χ4v) is 2.06. The Balaban J connectivity index is 1.76. The Hall–Kier alpha value is -0.120. The molecule has 0 amide bonds. The van der Waals surface area contributed by atoms with E-state index in [2.05, 4.69) is 19.2 Å². The molecule has 0 aromatic rings. The van der Waals surface area contributed by atoms with E-state index < -0.39 is 0 Å². The summed E-state index contributed by atoms with van der Waals surface area (Å²) >= 11 is 0. The van der Waals surface area contributed by atoms with Crippen LogP contribution >= 0.6 is 0 Å². The summed E-state index contributed by atoms with van der Waals surface area (Å²) in [5.74, 6) is 1.76. The van der Waals surface area contributed by atoms with Crippen molar-refractivity contribution in [3.05, 3.63) is 0 Å². The highest BCUT2D eigenvalue weighted by Crippen LogP contribution is 2.33. The number of nitrogens with one attached hydrogen (secondary N) is 1. The Labute approximate surface area is 112 Å². The molecule has 3 nitrogen and oxygen atoms in total. The maximum atomic E-state index is 9.69. The number of ether oxygens (including phenoxy) is 1. The fraction of sp³-hybridized carbons (Fsp3) is 1.00. The number of hydrogen-bond acceptors (Lipinski definition) is 3. The predicted molar refractivity (Wildman–Crippen MR) is 75.7 cm³/mol. The highest BCUT2D eigenvalue weighted by molar-refractivity contribution is 4.73. The average Bonchev–Trinajstić information content (AvgIpc) is 3.11. The molecule has 1 atom stereocenters. The molecule has 0 aromatic carbocycles. The van der Waals surface area contributed by atoms with Crippen LogP contribution in [0.25, 0.3) is 0 Å². The van der Waals surface area contributed by atoms with Crippen LogP contribution in [0.4, 0.5) is 0 Å². The zero-order valence-electron chi connectivity index (χ0n) is 12.2. The third kappa shape index (κ3) is 9.86. The number of aliphatic hydroxyl groups is 1. The lowest BCUT2D eigenvalue weighted by molar-refractivity contribution is 0.0348. The van der Waals surface area contributed by atoms with E-state index in [0.717, 1.165) is 31.4 Å². The van der Waals surface area contributed by atoms with Crippen LogP contribution < -0.4 is 5.32 Å². The number of hydrogen-bond donors (Lipinski definition) is 2. The molecule has 1 unspecified atom stereocenters. The molecule has 0 aliphatic heterocycles. The zero-order valence-corrected chi connectivity index (χ0v) is 12.2. The lowest BCUT2D eigenvalue weighted by Crippen LogP contribution is -2.31. The van der Waals surface area contributed by atoms with Gasteiger partial charge in [-0.05, 0) is 44.1 Å². The van der Waals surface area contributed by atoms with Gasteiger partial charge in [0.25, 0.3) is 0 Å². The maximum absolute atomic E-state index is 9.69. The smallest absolute Gasteiger partial charge is 0.0897 e. The summed E-state index contributed by atoms with van der Waals surface area (Å²) in [6.07, 6.45) is 7.42. The Bertz CT molecular complexity index is 181. The SMILES string of the molecule is CC(C)CCCOCC(O)CNCCCC1CC1. The van der Waals surface area contributed by atoms with Crippen LogP contribution in [-0.2, 0) is 4.74 Å². The van der Waals surface area contributed by atoms with Crippen LogP contribution in [0.2, 0.25) is 0 Å². The van der Waals surface area contributed by atoms with Gasteiger partial charge in [-0.3, -0.25) is 0 Å². The van der Waals surface area contributed by atoms with Crippen molar-refractivity contribution < 1.29 is 9.84 Å². The van der Waals surface area contributed by atoms with Gasteiger partial charge in [-0.15, -0.1) is 0 Å². The quantitative estimate of drug-likeness (QED) is 0.528. The first-order valence-corrected chi connectivity index (χ1v) is 7.65. The van der Waals surface area contributed by atoms with E-state index >= 15 is 0 Å². The molecule has 0 aromatic heterocycles. The topological polar surface area (TPSA) is 41.5 Å². The van der Waals surface area contributed by atoms with Gasteiger partial charge in [-0.25, -0.2) is 0 Å². The van der Waals surface area contributed by atoms with Crippen LogP contribution in [0.1, 0.15) is 52.4 Å². The van der Waals surface area contributed by atoms with Crippen molar-refractivity contribution in [2.75, 3.05) is 26.3 Å². The van der Waals surface area contributed by atoms with Crippen LogP contribution in [-0.4, -0.2) is 37.5 Å². The summed E-state index contributed by atoms with van der Waals surface area (Å²) < 4.78 is 5.46. The summed E-state index contributed by atoms with van der Waals surface area (Å²) in [6.45, 7) is 7.38. The molecule has 2 N–H and O–H groups in total. The van der Waals surface area contributed by atoms with Gasteiger partial charge < -0.3 is 15.2 Å². The molecule has 3 heteroatoms.